The van der Waals surface area contributed by atoms with Crippen molar-refractivity contribution in [2.24, 2.45) is 0 Å². The molecule has 94 valence electrons. The zero-order valence-corrected chi connectivity index (χ0v) is 10.9. The second kappa shape index (κ2) is 4.91. The third-order valence-corrected chi connectivity index (χ3v) is 3.29. The predicted octanol–water partition coefficient (Wildman–Crippen LogP) is 2.19. The second-order valence-corrected chi connectivity index (χ2v) is 4.93. The number of thioether (sulfide) groups is 1. The lowest BCUT2D eigenvalue weighted by molar-refractivity contribution is -0.115. The van der Waals surface area contributed by atoms with Crippen LogP contribution in [0.15, 0.2) is 17.0 Å². The van der Waals surface area contributed by atoms with Gasteiger partial charge in [-0.3, -0.25) is 10.2 Å². The van der Waals surface area contributed by atoms with Crippen molar-refractivity contribution in [3.05, 3.63) is 27.6 Å². The summed E-state index contributed by atoms with van der Waals surface area (Å²) in [6, 6.07) is 2.99. The molecule has 18 heavy (non-hydrogen) atoms. The van der Waals surface area contributed by atoms with Crippen LogP contribution >= 0.6 is 23.4 Å². The molecule has 3 N–H and O–H groups in total. The van der Waals surface area contributed by atoms with Crippen molar-refractivity contribution in [2.45, 2.75) is 0 Å². The molecule has 1 amide bonds. The van der Waals surface area contributed by atoms with E-state index in [-0.39, 0.29) is 22.6 Å². The number of amides is 1. The number of methoxy groups -OCH3 is 1. The minimum atomic E-state index is -0.372. The maximum Gasteiger partial charge on any atom is 0.264 e. The number of benzene rings is 1. The fourth-order valence-corrected chi connectivity index (χ4v) is 2.35. The Balaban J connectivity index is 2.46. The molecule has 1 aliphatic rings. The Morgan fingerprint density at radius 1 is 1.56 bits per heavy atom. The number of phenolic OH excluding ortho intramolecular Hbond substituents is 1. The highest BCUT2D eigenvalue weighted by Crippen LogP contribution is 2.36. The first-order valence-electron chi connectivity index (χ1n) is 4.87. The molecule has 0 spiro atoms. The van der Waals surface area contributed by atoms with Crippen LogP contribution < -0.4 is 10.1 Å². The summed E-state index contributed by atoms with van der Waals surface area (Å²) in [6.07, 6.45) is 1.46. The van der Waals surface area contributed by atoms with Crippen LogP contribution in [0.3, 0.4) is 0 Å². The lowest BCUT2D eigenvalue weighted by Crippen LogP contribution is -2.18. The standard InChI is InChI=1S/C11H9ClN2O3S/c1-17-7-4-6(12)2-5(9(7)15)3-8-10(16)14-11(13)18-8/h2-4,15H,1H3,(H2,13,14,16). The summed E-state index contributed by atoms with van der Waals surface area (Å²) in [5, 5.41) is 20.0. The number of aromatic hydroxyl groups is 1. The van der Waals surface area contributed by atoms with Crippen LogP contribution in [-0.4, -0.2) is 23.3 Å². The van der Waals surface area contributed by atoms with Gasteiger partial charge in [0.2, 0.25) is 0 Å². The summed E-state index contributed by atoms with van der Waals surface area (Å²) >= 11 is 6.87. The first-order valence-corrected chi connectivity index (χ1v) is 6.06. The summed E-state index contributed by atoms with van der Waals surface area (Å²) in [6.45, 7) is 0. The van der Waals surface area contributed by atoms with Gasteiger partial charge in [-0.15, -0.1) is 0 Å². The topological polar surface area (TPSA) is 82.4 Å². The van der Waals surface area contributed by atoms with Crippen LogP contribution in [-0.2, 0) is 4.79 Å². The fourth-order valence-electron chi connectivity index (χ4n) is 1.44. The highest BCUT2D eigenvalue weighted by Gasteiger charge is 2.23. The van der Waals surface area contributed by atoms with Crippen molar-refractivity contribution in [2.75, 3.05) is 7.11 Å². The van der Waals surface area contributed by atoms with E-state index in [0.29, 0.717) is 15.5 Å². The lowest BCUT2D eigenvalue weighted by atomic mass is 10.1. The predicted molar refractivity (Wildman–Crippen MR) is 71.1 cm³/mol. The average molecular weight is 285 g/mol. The number of hydrogen-bond donors (Lipinski definition) is 3. The Hall–Kier alpha value is -1.66. The van der Waals surface area contributed by atoms with E-state index < -0.39 is 0 Å². The summed E-state index contributed by atoms with van der Waals surface area (Å²) in [5.41, 5.74) is 0.367. The summed E-state index contributed by atoms with van der Waals surface area (Å²) in [5.74, 6) is -0.239. The molecule has 1 fully saturated rings. The van der Waals surface area contributed by atoms with E-state index in [1.807, 2.05) is 0 Å². The molecule has 2 rings (SSSR count). The molecule has 1 aliphatic heterocycles. The van der Waals surface area contributed by atoms with Gasteiger partial charge in [0.15, 0.2) is 16.7 Å². The number of rotatable bonds is 2. The number of ether oxygens (including phenoxy) is 1. The third-order valence-electron chi connectivity index (χ3n) is 2.24. The van der Waals surface area contributed by atoms with E-state index in [1.165, 1.54) is 25.3 Å². The van der Waals surface area contributed by atoms with Crippen LogP contribution in [0, 0.1) is 5.41 Å². The van der Waals surface area contributed by atoms with Gasteiger partial charge in [0.05, 0.1) is 12.0 Å². The Morgan fingerprint density at radius 3 is 2.83 bits per heavy atom. The average Bonchev–Trinajstić information content (AvgIpc) is 2.62. The Bertz CT molecular complexity index is 572. The Labute approximate surface area is 112 Å². The van der Waals surface area contributed by atoms with Crippen LogP contribution in [0.25, 0.3) is 6.08 Å². The normalized spacial score (nSPS) is 17.1. The molecule has 0 bridgehead atoms. The number of halogens is 1. The van der Waals surface area contributed by atoms with E-state index in [1.54, 1.807) is 0 Å². The van der Waals surface area contributed by atoms with Crippen molar-refractivity contribution in [3.63, 3.8) is 0 Å². The molecule has 1 aromatic carbocycles. The van der Waals surface area contributed by atoms with Crippen LogP contribution in [0.4, 0.5) is 0 Å². The summed E-state index contributed by atoms with van der Waals surface area (Å²) in [7, 11) is 1.41. The van der Waals surface area contributed by atoms with Gasteiger partial charge in [-0.05, 0) is 23.9 Å². The van der Waals surface area contributed by atoms with E-state index in [4.69, 9.17) is 21.7 Å². The maximum atomic E-state index is 11.5. The molecule has 0 aromatic heterocycles. The largest absolute Gasteiger partial charge is 0.504 e. The smallest absolute Gasteiger partial charge is 0.264 e. The van der Waals surface area contributed by atoms with E-state index in [0.717, 1.165) is 11.8 Å². The molecule has 1 heterocycles. The molecule has 0 atom stereocenters. The summed E-state index contributed by atoms with van der Waals surface area (Å²) in [4.78, 5) is 11.8. The number of amidine groups is 1. The molecule has 0 aliphatic carbocycles. The van der Waals surface area contributed by atoms with Crippen LogP contribution in [0.2, 0.25) is 5.02 Å². The van der Waals surface area contributed by atoms with Gasteiger partial charge in [0.25, 0.3) is 5.91 Å². The number of hydrogen-bond acceptors (Lipinski definition) is 5. The van der Waals surface area contributed by atoms with Gasteiger partial charge in [-0.25, -0.2) is 0 Å². The molecule has 0 unspecified atom stereocenters. The first kappa shape index (κ1) is 12.8. The number of nitrogens with one attached hydrogen (secondary N) is 2. The van der Waals surface area contributed by atoms with Crippen molar-refractivity contribution in [3.8, 4) is 11.5 Å². The van der Waals surface area contributed by atoms with Crippen LogP contribution in [0.1, 0.15) is 5.56 Å². The molecular formula is C11H9ClN2O3S. The minimum absolute atomic E-state index is 0.0553. The van der Waals surface area contributed by atoms with Crippen molar-refractivity contribution in [1.82, 2.24) is 5.32 Å². The number of phenols is 1. The molecule has 0 radical (unpaired) electrons. The number of carbonyl (C=O) groups excluding carboxylic acids is 1. The van der Waals surface area contributed by atoms with E-state index >= 15 is 0 Å². The molecular weight excluding hydrogens is 276 g/mol. The highest BCUT2D eigenvalue weighted by atomic mass is 35.5. The monoisotopic (exact) mass is 284 g/mol. The molecule has 5 nitrogen and oxygen atoms in total. The molecule has 7 heteroatoms. The zero-order valence-electron chi connectivity index (χ0n) is 9.28. The van der Waals surface area contributed by atoms with Gasteiger partial charge in [0.1, 0.15) is 0 Å². The van der Waals surface area contributed by atoms with Gasteiger partial charge < -0.3 is 15.2 Å². The van der Waals surface area contributed by atoms with E-state index in [9.17, 15) is 9.90 Å². The first-order chi connectivity index (χ1) is 8.51. The van der Waals surface area contributed by atoms with Crippen LogP contribution in [0.5, 0.6) is 11.5 Å². The highest BCUT2D eigenvalue weighted by molar-refractivity contribution is 8.18. The SMILES string of the molecule is COc1cc(Cl)cc(C=C2SC(=N)NC2=O)c1O. The molecule has 0 saturated carbocycles. The quantitative estimate of drug-likeness (QED) is 0.727. The fraction of sp³-hybridized carbons (Fsp3) is 0.0909. The van der Waals surface area contributed by atoms with Gasteiger partial charge in [-0.1, -0.05) is 11.6 Å². The van der Waals surface area contributed by atoms with Crippen molar-refractivity contribution >= 4 is 40.5 Å². The zero-order chi connectivity index (χ0) is 13.3. The van der Waals surface area contributed by atoms with E-state index in [2.05, 4.69) is 5.32 Å². The van der Waals surface area contributed by atoms with Gasteiger partial charge >= 0.3 is 0 Å². The minimum Gasteiger partial charge on any atom is -0.504 e. The molecule has 1 aromatic rings. The maximum absolute atomic E-state index is 11.5. The Kier molecular flexibility index (Phi) is 3.49. The van der Waals surface area contributed by atoms with Gasteiger partial charge in [0, 0.05) is 16.7 Å². The second-order valence-electron chi connectivity index (χ2n) is 3.44. The van der Waals surface area contributed by atoms with Crippen molar-refractivity contribution in [1.29, 1.82) is 5.41 Å². The Morgan fingerprint density at radius 2 is 2.28 bits per heavy atom. The van der Waals surface area contributed by atoms with Crippen molar-refractivity contribution < 1.29 is 14.6 Å². The van der Waals surface area contributed by atoms with Gasteiger partial charge in [-0.2, -0.15) is 0 Å². The third kappa shape index (κ3) is 2.44. The lowest BCUT2D eigenvalue weighted by Gasteiger charge is -2.07. The molecule has 1 saturated heterocycles. The summed E-state index contributed by atoms with van der Waals surface area (Å²) < 4.78 is 4.97. The number of carbonyl (C=O) groups is 1.